The Hall–Kier alpha value is -0.570. The Labute approximate surface area is 86.6 Å². The summed E-state index contributed by atoms with van der Waals surface area (Å²) in [6.45, 7) is 4.12. The Morgan fingerprint density at radius 2 is 2.00 bits per heavy atom. The fourth-order valence-electron chi connectivity index (χ4n) is 1.97. The van der Waals surface area contributed by atoms with E-state index in [1.54, 1.807) is 0 Å². The smallest absolute Gasteiger partial charge is 0.237 e. The number of carbonyl (C=O) groups is 1. The minimum absolute atomic E-state index is 0.0795. The third-order valence-electron chi connectivity index (χ3n) is 3.27. The van der Waals surface area contributed by atoms with Crippen molar-refractivity contribution in [1.29, 1.82) is 0 Å². The van der Waals surface area contributed by atoms with E-state index in [9.17, 15) is 4.79 Å². The fourth-order valence-corrected chi connectivity index (χ4v) is 1.97. The van der Waals surface area contributed by atoms with Gasteiger partial charge in [-0.15, -0.1) is 0 Å². The van der Waals surface area contributed by atoms with E-state index in [1.165, 1.54) is 19.3 Å². The summed E-state index contributed by atoms with van der Waals surface area (Å²) in [7, 11) is 1.81. The Morgan fingerprint density at radius 3 is 2.57 bits per heavy atom. The monoisotopic (exact) mass is 198 g/mol. The van der Waals surface area contributed by atoms with E-state index in [2.05, 4.69) is 17.6 Å². The summed E-state index contributed by atoms with van der Waals surface area (Å²) in [5.74, 6) is 0.767. The van der Waals surface area contributed by atoms with E-state index in [0.717, 1.165) is 6.42 Å². The largest absolute Gasteiger partial charge is 0.352 e. The molecular formula is C11H22N2O. The first-order valence-electron chi connectivity index (χ1n) is 5.62. The van der Waals surface area contributed by atoms with Crippen molar-refractivity contribution < 1.29 is 4.79 Å². The third-order valence-corrected chi connectivity index (χ3v) is 3.27. The van der Waals surface area contributed by atoms with Gasteiger partial charge in [0.2, 0.25) is 5.91 Å². The van der Waals surface area contributed by atoms with Crippen LogP contribution in [0.4, 0.5) is 0 Å². The van der Waals surface area contributed by atoms with Crippen LogP contribution >= 0.6 is 0 Å². The van der Waals surface area contributed by atoms with Crippen LogP contribution in [0.5, 0.6) is 0 Å². The molecule has 14 heavy (non-hydrogen) atoms. The van der Waals surface area contributed by atoms with Crippen molar-refractivity contribution in [3.8, 4) is 0 Å². The van der Waals surface area contributed by atoms with Crippen LogP contribution in [-0.2, 0) is 4.79 Å². The zero-order chi connectivity index (χ0) is 10.6. The van der Waals surface area contributed by atoms with Crippen molar-refractivity contribution in [1.82, 2.24) is 10.6 Å². The molecular weight excluding hydrogens is 176 g/mol. The van der Waals surface area contributed by atoms with Crippen molar-refractivity contribution in [3.05, 3.63) is 0 Å². The second kappa shape index (κ2) is 5.35. The van der Waals surface area contributed by atoms with Crippen LogP contribution in [0.15, 0.2) is 0 Å². The van der Waals surface area contributed by atoms with Gasteiger partial charge in [0.1, 0.15) is 0 Å². The van der Waals surface area contributed by atoms with Crippen molar-refractivity contribution in [2.24, 2.45) is 5.92 Å². The summed E-state index contributed by atoms with van der Waals surface area (Å²) in [5.41, 5.74) is 0. The van der Waals surface area contributed by atoms with E-state index >= 15 is 0 Å². The molecule has 1 aliphatic rings. The lowest BCUT2D eigenvalue weighted by Crippen LogP contribution is -2.48. The first-order valence-corrected chi connectivity index (χ1v) is 5.62. The summed E-state index contributed by atoms with van der Waals surface area (Å²) in [6, 6.07) is 0.316. The van der Waals surface area contributed by atoms with E-state index in [-0.39, 0.29) is 11.9 Å². The van der Waals surface area contributed by atoms with Crippen LogP contribution in [0.2, 0.25) is 0 Å². The van der Waals surface area contributed by atoms with Gasteiger partial charge >= 0.3 is 0 Å². The minimum Gasteiger partial charge on any atom is -0.352 e. The van der Waals surface area contributed by atoms with Crippen LogP contribution in [0.1, 0.15) is 39.5 Å². The van der Waals surface area contributed by atoms with E-state index < -0.39 is 0 Å². The predicted molar refractivity (Wildman–Crippen MR) is 58.1 cm³/mol. The van der Waals surface area contributed by atoms with Gasteiger partial charge in [-0.3, -0.25) is 4.79 Å². The molecule has 0 saturated heterocycles. The molecule has 0 spiro atoms. The first kappa shape index (κ1) is 11.5. The molecule has 1 aliphatic carbocycles. The summed E-state index contributed by atoms with van der Waals surface area (Å²) in [4.78, 5) is 11.6. The maximum atomic E-state index is 11.6. The molecule has 0 aromatic carbocycles. The summed E-state index contributed by atoms with van der Waals surface area (Å²) < 4.78 is 0. The number of nitrogens with one attached hydrogen (secondary N) is 2. The van der Waals surface area contributed by atoms with E-state index in [4.69, 9.17) is 0 Å². The zero-order valence-corrected chi connectivity index (χ0v) is 9.47. The second-order valence-corrected chi connectivity index (χ2v) is 4.39. The van der Waals surface area contributed by atoms with Crippen molar-refractivity contribution in [3.63, 3.8) is 0 Å². The Kier molecular flexibility index (Phi) is 4.39. The number of amides is 1. The van der Waals surface area contributed by atoms with Gasteiger partial charge in [0.25, 0.3) is 0 Å². The molecule has 1 saturated carbocycles. The maximum absolute atomic E-state index is 11.6. The normalized spacial score (nSPS) is 29.6. The van der Waals surface area contributed by atoms with Gasteiger partial charge in [-0.1, -0.05) is 19.8 Å². The number of carbonyl (C=O) groups excluding carboxylic acids is 1. The molecule has 1 rings (SSSR count). The first-order chi connectivity index (χ1) is 6.65. The molecule has 0 bridgehead atoms. The fraction of sp³-hybridized carbons (Fsp3) is 0.909. The quantitative estimate of drug-likeness (QED) is 0.717. The molecule has 3 heteroatoms. The molecule has 0 heterocycles. The molecule has 2 N–H and O–H groups in total. The lowest BCUT2D eigenvalue weighted by molar-refractivity contribution is -0.123. The van der Waals surface area contributed by atoms with Crippen LogP contribution < -0.4 is 10.6 Å². The van der Waals surface area contributed by atoms with Crippen LogP contribution in [0, 0.1) is 5.92 Å². The number of rotatable bonds is 3. The molecule has 3 atom stereocenters. The summed E-state index contributed by atoms with van der Waals surface area (Å²) in [6.07, 6.45) is 4.96. The molecule has 1 fully saturated rings. The highest BCUT2D eigenvalue weighted by atomic mass is 16.2. The van der Waals surface area contributed by atoms with Crippen LogP contribution in [0.3, 0.4) is 0 Å². The van der Waals surface area contributed by atoms with Gasteiger partial charge in [0.15, 0.2) is 0 Å². The van der Waals surface area contributed by atoms with E-state index in [1.807, 2.05) is 14.0 Å². The van der Waals surface area contributed by atoms with Gasteiger partial charge in [-0.05, 0) is 32.7 Å². The molecule has 2 unspecified atom stereocenters. The highest BCUT2D eigenvalue weighted by Crippen LogP contribution is 2.23. The highest BCUT2D eigenvalue weighted by molar-refractivity contribution is 5.81. The van der Waals surface area contributed by atoms with Crippen molar-refractivity contribution in [2.75, 3.05) is 7.05 Å². The number of hydrogen-bond acceptors (Lipinski definition) is 2. The lowest BCUT2D eigenvalue weighted by Gasteiger charge is -2.30. The van der Waals surface area contributed by atoms with Crippen molar-refractivity contribution in [2.45, 2.75) is 51.6 Å². The standard InChI is InChI=1S/C11H22N2O/c1-8-6-4-5-7-10(8)13-11(14)9(2)12-3/h8-10,12H,4-7H2,1-3H3,(H,13,14)/t8?,9-,10?/m0/s1. The SMILES string of the molecule is CN[C@@H](C)C(=O)NC1CCCCC1C. The van der Waals surface area contributed by atoms with Crippen LogP contribution in [0.25, 0.3) is 0 Å². The van der Waals surface area contributed by atoms with E-state index in [0.29, 0.717) is 12.0 Å². The number of hydrogen-bond donors (Lipinski definition) is 2. The molecule has 3 nitrogen and oxygen atoms in total. The molecule has 1 amide bonds. The summed E-state index contributed by atoms with van der Waals surface area (Å²) in [5, 5.41) is 6.07. The second-order valence-electron chi connectivity index (χ2n) is 4.39. The summed E-state index contributed by atoms with van der Waals surface area (Å²) >= 11 is 0. The average molecular weight is 198 g/mol. The van der Waals surface area contributed by atoms with Gasteiger partial charge in [-0.2, -0.15) is 0 Å². The molecule has 82 valence electrons. The lowest BCUT2D eigenvalue weighted by atomic mass is 9.86. The maximum Gasteiger partial charge on any atom is 0.237 e. The van der Waals surface area contributed by atoms with Gasteiger partial charge < -0.3 is 10.6 Å². The average Bonchev–Trinajstić information content (AvgIpc) is 2.20. The molecule has 0 aromatic rings. The minimum atomic E-state index is -0.0795. The molecule has 0 aromatic heterocycles. The third kappa shape index (κ3) is 2.98. The van der Waals surface area contributed by atoms with Gasteiger partial charge in [0, 0.05) is 6.04 Å². The zero-order valence-electron chi connectivity index (χ0n) is 9.47. The predicted octanol–water partition coefficient (Wildman–Crippen LogP) is 1.29. The Morgan fingerprint density at radius 1 is 1.36 bits per heavy atom. The van der Waals surface area contributed by atoms with Crippen molar-refractivity contribution >= 4 is 5.91 Å². The molecule has 0 radical (unpaired) electrons. The Balaban J connectivity index is 2.38. The highest BCUT2D eigenvalue weighted by Gasteiger charge is 2.23. The number of likely N-dealkylation sites (N-methyl/N-ethyl adjacent to an activating group) is 1. The Bertz CT molecular complexity index is 194. The van der Waals surface area contributed by atoms with Gasteiger partial charge in [0.05, 0.1) is 6.04 Å². The molecule has 0 aliphatic heterocycles. The topological polar surface area (TPSA) is 41.1 Å². The van der Waals surface area contributed by atoms with Crippen LogP contribution in [-0.4, -0.2) is 25.0 Å². The van der Waals surface area contributed by atoms with Gasteiger partial charge in [-0.25, -0.2) is 0 Å².